The first kappa shape index (κ1) is 8.74. The smallest absolute Gasteiger partial charge is 0.0592 e. The molecule has 0 saturated heterocycles. The van der Waals surface area contributed by atoms with Crippen molar-refractivity contribution in [2.75, 3.05) is 0 Å². The first-order chi connectivity index (χ1) is 7.43. The Kier molecular flexibility index (Phi) is 2.07. The molecule has 0 fully saturated rings. The highest BCUT2D eigenvalue weighted by molar-refractivity contribution is 7.17. The Morgan fingerprint density at radius 2 is 1.87 bits per heavy atom. The second-order valence-electron chi connectivity index (χ2n) is 3.60. The first-order valence-electron chi connectivity index (χ1n) is 5.00. The molecule has 3 aromatic rings. The molecule has 0 aliphatic heterocycles. The molecule has 0 N–H and O–H groups in total. The van der Waals surface area contributed by atoms with Crippen molar-refractivity contribution in [3.8, 4) is 0 Å². The van der Waals surface area contributed by atoms with E-state index in [2.05, 4.69) is 58.6 Å². The number of thiophene rings is 1. The number of aromatic nitrogens is 1. The maximum atomic E-state index is 2.29. The molecule has 2 heteroatoms. The van der Waals surface area contributed by atoms with Crippen molar-refractivity contribution >= 4 is 21.6 Å². The molecule has 0 aliphatic carbocycles. The maximum Gasteiger partial charge on any atom is 0.0592 e. The molecule has 0 aliphatic rings. The fourth-order valence-electron chi connectivity index (χ4n) is 1.83. The predicted molar refractivity (Wildman–Crippen MR) is 65.4 cm³/mol. The molecule has 0 saturated carbocycles. The molecule has 0 amide bonds. The molecule has 15 heavy (non-hydrogen) atoms. The van der Waals surface area contributed by atoms with E-state index in [1.807, 2.05) is 0 Å². The average Bonchev–Trinajstić information content (AvgIpc) is 2.85. The van der Waals surface area contributed by atoms with E-state index in [0.717, 1.165) is 6.54 Å². The van der Waals surface area contributed by atoms with E-state index in [1.165, 1.54) is 15.8 Å². The van der Waals surface area contributed by atoms with Crippen LogP contribution in [0.3, 0.4) is 0 Å². The molecule has 74 valence electrons. The number of rotatable bonds is 2. The second-order valence-corrected chi connectivity index (χ2v) is 4.55. The lowest BCUT2D eigenvalue weighted by molar-refractivity contribution is 0.837. The molecule has 0 spiro atoms. The van der Waals surface area contributed by atoms with Gasteiger partial charge in [0, 0.05) is 12.7 Å². The minimum atomic E-state index is 0.959. The zero-order valence-electron chi connectivity index (χ0n) is 8.26. The third-order valence-corrected chi connectivity index (χ3v) is 3.46. The third-order valence-electron chi connectivity index (χ3n) is 2.58. The van der Waals surface area contributed by atoms with Crippen molar-refractivity contribution in [3.05, 3.63) is 59.6 Å². The fraction of sp³-hybridized carbons (Fsp3) is 0.0769. The summed E-state index contributed by atoms with van der Waals surface area (Å²) < 4.78 is 3.66. The zero-order chi connectivity index (χ0) is 10.1. The van der Waals surface area contributed by atoms with Gasteiger partial charge in [0.1, 0.15) is 0 Å². The molecule has 1 aromatic carbocycles. The molecule has 0 radical (unpaired) electrons. The Bertz CT molecular complexity index is 562. The monoisotopic (exact) mass is 213 g/mol. The molecule has 1 nitrogen and oxygen atoms in total. The van der Waals surface area contributed by atoms with E-state index < -0.39 is 0 Å². The van der Waals surface area contributed by atoms with Crippen LogP contribution in [-0.4, -0.2) is 4.57 Å². The van der Waals surface area contributed by atoms with Crippen LogP contribution in [0, 0.1) is 0 Å². The summed E-state index contributed by atoms with van der Waals surface area (Å²) in [5, 5.41) is 2.14. The molecular formula is C13H11NS. The maximum absolute atomic E-state index is 2.29. The molecule has 0 atom stereocenters. The standard InChI is InChI=1S/C13H11NS/c1-2-4-11(5-3-1)10-14-8-6-13-12(14)7-9-15-13/h1-9H,10H2. The van der Waals surface area contributed by atoms with Crippen molar-refractivity contribution in [3.63, 3.8) is 0 Å². The van der Waals surface area contributed by atoms with Gasteiger partial charge in [0.05, 0.1) is 10.2 Å². The normalized spacial score (nSPS) is 10.9. The Balaban J connectivity index is 1.99. The lowest BCUT2D eigenvalue weighted by Gasteiger charge is -2.03. The van der Waals surface area contributed by atoms with Crippen molar-refractivity contribution in [2.24, 2.45) is 0 Å². The molecule has 3 rings (SSSR count). The molecular weight excluding hydrogens is 202 g/mol. The minimum Gasteiger partial charge on any atom is -0.342 e. The zero-order valence-corrected chi connectivity index (χ0v) is 9.08. The van der Waals surface area contributed by atoms with Gasteiger partial charge < -0.3 is 4.57 Å². The summed E-state index contributed by atoms with van der Waals surface area (Å²) in [7, 11) is 0. The number of nitrogens with zero attached hydrogens (tertiary/aromatic N) is 1. The molecule has 2 aromatic heterocycles. The van der Waals surface area contributed by atoms with E-state index in [0.29, 0.717) is 0 Å². The Labute approximate surface area is 92.6 Å². The van der Waals surface area contributed by atoms with Crippen molar-refractivity contribution < 1.29 is 0 Å². The summed E-state index contributed by atoms with van der Waals surface area (Å²) in [6, 6.07) is 14.9. The van der Waals surface area contributed by atoms with Gasteiger partial charge in [-0.1, -0.05) is 30.3 Å². The lowest BCUT2D eigenvalue weighted by Crippen LogP contribution is -1.96. The van der Waals surface area contributed by atoms with Gasteiger partial charge in [-0.05, 0) is 23.1 Å². The van der Waals surface area contributed by atoms with Gasteiger partial charge in [-0.2, -0.15) is 0 Å². The van der Waals surface area contributed by atoms with Crippen LogP contribution in [0.15, 0.2) is 54.0 Å². The van der Waals surface area contributed by atoms with Crippen LogP contribution in [0.4, 0.5) is 0 Å². The summed E-state index contributed by atoms with van der Waals surface area (Å²) >= 11 is 1.80. The number of benzene rings is 1. The van der Waals surface area contributed by atoms with E-state index in [-0.39, 0.29) is 0 Å². The van der Waals surface area contributed by atoms with E-state index in [9.17, 15) is 0 Å². The highest BCUT2D eigenvalue weighted by atomic mass is 32.1. The average molecular weight is 213 g/mol. The van der Waals surface area contributed by atoms with Crippen LogP contribution >= 0.6 is 11.3 Å². The summed E-state index contributed by atoms with van der Waals surface area (Å²) in [5.41, 5.74) is 2.69. The van der Waals surface area contributed by atoms with Gasteiger partial charge in [0.2, 0.25) is 0 Å². The summed E-state index contributed by atoms with van der Waals surface area (Å²) in [5.74, 6) is 0. The van der Waals surface area contributed by atoms with Gasteiger partial charge in [-0.3, -0.25) is 0 Å². The second kappa shape index (κ2) is 3.55. The Morgan fingerprint density at radius 3 is 2.73 bits per heavy atom. The van der Waals surface area contributed by atoms with Crippen molar-refractivity contribution in [1.82, 2.24) is 4.57 Å². The van der Waals surface area contributed by atoms with Crippen LogP contribution in [0.5, 0.6) is 0 Å². The van der Waals surface area contributed by atoms with Crippen LogP contribution in [0.1, 0.15) is 5.56 Å². The van der Waals surface area contributed by atoms with E-state index in [4.69, 9.17) is 0 Å². The molecule has 0 bridgehead atoms. The quantitative estimate of drug-likeness (QED) is 0.611. The number of hydrogen-bond donors (Lipinski definition) is 0. The van der Waals surface area contributed by atoms with Crippen molar-refractivity contribution in [1.29, 1.82) is 0 Å². The predicted octanol–water partition coefficient (Wildman–Crippen LogP) is 3.75. The fourth-order valence-corrected chi connectivity index (χ4v) is 2.62. The third kappa shape index (κ3) is 1.57. The van der Waals surface area contributed by atoms with Gasteiger partial charge in [0.25, 0.3) is 0 Å². The number of hydrogen-bond acceptors (Lipinski definition) is 1. The van der Waals surface area contributed by atoms with E-state index in [1.54, 1.807) is 11.3 Å². The van der Waals surface area contributed by atoms with Gasteiger partial charge in [0.15, 0.2) is 0 Å². The summed E-state index contributed by atoms with van der Waals surface area (Å²) in [6.45, 7) is 0.959. The molecule has 0 unspecified atom stereocenters. The highest BCUT2D eigenvalue weighted by Gasteiger charge is 2.01. The van der Waals surface area contributed by atoms with Crippen LogP contribution in [0.25, 0.3) is 10.2 Å². The summed E-state index contributed by atoms with van der Waals surface area (Å²) in [4.78, 5) is 0. The minimum absolute atomic E-state index is 0.959. The largest absolute Gasteiger partial charge is 0.342 e. The lowest BCUT2D eigenvalue weighted by atomic mass is 10.2. The Morgan fingerprint density at radius 1 is 1.00 bits per heavy atom. The van der Waals surface area contributed by atoms with Gasteiger partial charge >= 0.3 is 0 Å². The van der Waals surface area contributed by atoms with Crippen LogP contribution < -0.4 is 0 Å². The SMILES string of the molecule is c1ccc(Cn2ccc3sccc32)cc1. The highest BCUT2D eigenvalue weighted by Crippen LogP contribution is 2.22. The van der Waals surface area contributed by atoms with E-state index >= 15 is 0 Å². The summed E-state index contributed by atoms with van der Waals surface area (Å²) in [6.07, 6.45) is 2.16. The topological polar surface area (TPSA) is 4.93 Å². The first-order valence-corrected chi connectivity index (χ1v) is 5.88. The molecule has 2 heterocycles. The Hall–Kier alpha value is -1.54. The van der Waals surface area contributed by atoms with Crippen LogP contribution in [-0.2, 0) is 6.54 Å². The van der Waals surface area contributed by atoms with Gasteiger partial charge in [-0.25, -0.2) is 0 Å². The van der Waals surface area contributed by atoms with Crippen molar-refractivity contribution in [2.45, 2.75) is 6.54 Å². The number of fused-ring (bicyclic) bond motifs is 1. The van der Waals surface area contributed by atoms with Gasteiger partial charge in [-0.15, -0.1) is 11.3 Å². The van der Waals surface area contributed by atoms with Crippen LogP contribution in [0.2, 0.25) is 0 Å².